The van der Waals surface area contributed by atoms with E-state index in [1.807, 2.05) is 26.8 Å². The molecule has 1 saturated carbocycles. The summed E-state index contributed by atoms with van der Waals surface area (Å²) in [6.07, 6.45) is 4.39. The number of benzene rings is 1. The van der Waals surface area contributed by atoms with Gasteiger partial charge >= 0.3 is 6.09 Å². The van der Waals surface area contributed by atoms with Crippen LogP contribution in [0.25, 0.3) is 21.5 Å². The van der Waals surface area contributed by atoms with Crippen molar-refractivity contribution >= 4 is 44.4 Å². The van der Waals surface area contributed by atoms with E-state index in [-0.39, 0.29) is 11.6 Å². The van der Waals surface area contributed by atoms with Gasteiger partial charge in [0.2, 0.25) is 0 Å². The van der Waals surface area contributed by atoms with Crippen molar-refractivity contribution in [2.24, 2.45) is 0 Å². The van der Waals surface area contributed by atoms with Gasteiger partial charge < -0.3 is 15.0 Å². The summed E-state index contributed by atoms with van der Waals surface area (Å²) < 4.78 is 7.15. The minimum atomic E-state index is -0.696. The van der Waals surface area contributed by atoms with Gasteiger partial charge in [-0.3, -0.25) is 0 Å². The minimum Gasteiger partial charge on any atom is -0.435 e. The molecule has 0 aliphatic heterocycles. The third-order valence-electron chi connectivity index (χ3n) is 5.20. The molecule has 4 rings (SSSR count). The van der Waals surface area contributed by atoms with Gasteiger partial charge in [0.15, 0.2) is 11.4 Å². The summed E-state index contributed by atoms with van der Waals surface area (Å²) >= 11 is 5.23. The third-order valence-corrected chi connectivity index (χ3v) is 6.87. The Hall–Kier alpha value is -1.86. The van der Waals surface area contributed by atoms with Crippen LogP contribution >= 0.6 is 27.3 Å². The van der Waals surface area contributed by atoms with E-state index >= 15 is 0 Å². The number of aromatic nitrogens is 2. The molecule has 1 fully saturated rings. The van der Waals surface area contributed by atoms with Gasteiger partial charge in [0, 0.05) is 10.4 Å². The number of nitrogens with one attached hydrogen (secondary N) is 2. The number of alkyl carbamates (subject to hydrolysis) is 1. The highest BCUT2D eigenvalue weighted by molar-refractivity contribution is 9.11. The van der Waals surface area contributed by atoms with Crippen LogP contribution in [0.3, 0.4) is 0 Å². The molecule has 0 unspecified atom stereocenters. The number of ether oxygens (including phenoxy) is 1. The van der Waals surface area contributed by atoms with Crippen molar-refractivity contribution in [2.45, 2.75) is 64.0 Å². The molecule has 1 aliphatic carbocycles. The van der Waals surface area contributed by atoms with Gasteiger partial charge in [-0.1, -0.05) is 12.5 Å². The van der Waals surface area contributed by atoms with Crippen molar-refractivity contribution < 1.29 is 9.53 Å². The van der Waals surface area contributed by atoms with Crippen LogP contribution in [0.1, 0.15) is 58.7 Å². The van der Waals surface area contributed by atoms with Gasteiger partial charge in [0.25, 0.3) is 0 Å². The molecular weight excluding hydrogens is 450 g/mol. The number of nitrogens with zero attached hydrogens (tertiary/aromatic N) is 1. The fourth-order valence-corrected chi connectivity index (χ4v) is 5.25. The minimum absolute atomic E-state index is 0.343. The molecule has 0 atom stereocenters. The highest BCUT2D eigenvalue weighted by atomic mass is 79.9. The lowest BCUT2D eigenvalue weighted by molar-refractivity contribution is -0.0295. The molecule has 154 valence electrons. The number of imidazole rings is 1. The molecule has 3 aromatic rings. The number of H-pyrrole nitrogens is 1. The Labute approximate surface area is 183 Å². The topological polar surface area (TPSA) is 67.0 Å². The second-order valence-electron chi connectivity index (χ2n) is 8.74. The third kappa shape index (κ3) is 4.51. The summed E-state index contributed by atoms with van der Waals surface area (Å²) in [4.78, 5) is 22.1. The first kappa shape index (κ1) is 20.4. The molecular formula is C22H26BrN3O2S. The van der Waals surface area contributed by atoms with E-state index in [0.717, 1.165) is 58.3 Å². The Morgan fingerprint density at radius 3 is 2.62 bits per heavy atom. The molecule has 5 nitrogen and oxygen atoms in total. The lowest BCUT2D eigenvalue weighted by Gasteiger charge is -2.36. The van der Waals surface area contributed by atoms with Crippen LogP contribution in [0.4, 0.5) is 4.79 Å². The van der Waals surface area contributed by atoms with E-state index in [1.165, 1.54) is 4.88 Å². The van der Waals surface area contributed by atoms with Crippen LogP contribution < -0.4 is 5.32 Å². The summed E-state index contributed by atoms with van der Waals surface area (Å²) in [5.41, 5.74) is 1.96. The van der Waals surface area contributed by atoms with Crippen molar-refractivity contribution in [3.05, 3.63) is 39.9 Å². The number of fused-ring (bicyclic) bond motifs is 1. The number of aromatic amines is 1. The zero-order valence-electron chi connectivity index (χ0n) is 17.0. The Morgan fingerprint density at radius 1 is 1.21 bits per heavy atom. The number of thiophene rings is 1. The number of halogens is 1. The second kappa shape index (κ2) is 7.76. The van der Waals surface area contributed by atoms with E-state index in [1.54, 1.807) is 11.3 Å². The molecule has 2 heterocycles. The van der Waals surface area contributed by atoms with Crippen molar-refractivity contribution in [3.63, 3.8) is 0 Å². The molecule has 0 radical (unpaired) electrons. The smallest absolute Gasteiger partial charge is 0.408 e. The van der Waals surface area contributed by atoms with E-state index in [0.29, 0.717) is 0 Å². The first-order chi connectivity index (χ1) is 13.7. The Kier molecular flexibility index (Phi) is 5.46. The van der Waals surface area contributed by atoms with Crippen LogP contribution in [0, 0.1) is 0 Å². The Bertz CT molecular complexity index is 1030. The fraction of sp³-hybridized carbons (Fsp3) is 0.455. The van der Waals surface area contributed by atoms with Crippen LogP contribution in [-0.2, 0) is 10.3 Å². The molecule has 2 N–H and O–H groups in total. The van der Waals surface area contributed by atoms with Crippen LogP contribution in [0.2, 0.25) is 0 Å². The van der Waals surface area contributed by atoms with E-state index < -0.39 is 5.60 Å². The summed E-state index contributed by atoms with van der Waals surface area (Å²) in [5.74, 6) is 0.751. The molecule has 0 saturated heterocycles. The van der Waals surface area contributed by atoms with Crippen molar-refractivity contribution in [1.82, 2.24) is 15.3 Å². The standard InChI is InChI=1S/C22H26BrN3O2S/c1-21(2,3)26-20(27)28-22(11-5-4-6-12-22)19-24-15-8-7-14(13-16(15)25-19)17-9-10-18(23)29-17/h7-10,13H,4-6,11-12H2,1-3H3,(H,24,25)(H,26,27). The first-order valence-electron chi connectivity index (χ1n) is 10.0. The Balaban J connectivity index is 1.68. The van der Waals surface area contributed by atoms with Crippen LogP contribution in [-0.4, -0.2) is 21.6 Å². The molecule has 0 bridgehead atoms. The first-order valence-corrected chi connectivity index (χ1v) is 11.6. The summed E-state index contributed by atoms with van der Waals surface area (Å²) in [5, 5.41) is 2.92. The predicted octanol–water partition coefficient (Wildman–Crippen LogP) is 6.74. The normalized spacial score (nSPS) is 16.7. The van der Waals surface area contributed by atoms with Gasteiger partial charge in [0.1, 0.15) is 0 Å². The molecule has 2 aromatic heterocycles. The lowest BCUT2D eigenvalue weighted by Crippen LogP contribution is -2.46. The maximum atomic E-state index is 12.6. The van der Waals surface area contributed by atoms with Gasteiger partial charge in [-0.2, -0.15) is 0 Å². The number of carbonyl (C=O) groups is 1. The number of carbonyl (C=O) groups excluding carboxylic acids is 1. The lowest BCUT2D eigenvalue weighted by atomic mass is 9.84. The average Bonchev–Trinajstić information content (AvgIpc) is 3.26. The molecule has 1 aromatic carbocycles. The molecule has 29 heavy (non-hydrogen) atoms. The summed E-state index contributed by atoms with van der Waals surface area (Å²) in [6.45, 7) is 5.86. The summed E-state index contributed by atoms with van der Waals surface area (Å²) in [6, 6.07) is 10.4. The molecule has 7 heteroatoms. The largest absolute Gasteiger partial charge is 0.435 e. The molecule has 1 aliphatic rings. The van der Waals surface area contributed by atoms with E-state index in [2.05, 4.69) is 50.5 Å². The van der Waals surface area contributed by atoms with Gasteiger partial charge in [0.05, 0.1) is 14.8 Å². The number of hydrogen-bond donors (Lipinski definition) is 2. The summed E-state index contributed by atoms with van der Waals surface area (Å²) in [7, 11) is 0. The SMILES string of the molecule is CC(C)(C)NC(=O)OC1(c2nc3ccc(-c4ccc(Br)s4)cc3[nH]2)CCCCC1. The van der Waals surface area contributed by atoms with E-state index in [9.17, 15) is 4.79 Å². The predicted molar refractivity (Wildman–Crippen MR) is 121 cm³/mol. The molecule has 1 amide bonds. The van der Waals surface area contributed by atoms with Crippen molar-refractivity contribution in [1.29, 1.82) is 0 Å². The van der Waals surface area contributed by atoms with Crippen LogP contribution in [0.5, 0.6) is 0 Å². The average molecular weight is 476 g/mol. The zero-order chi connectivity index (χ0) is 20.6. The molecule has 0 spiro atoms. The van der Waals surface area contributed by atoms with Crippen LogP contribution in [0.15, 0.2) is 34.1 Å². The maximum absolute atomic E-state index is 12.6. The Morgan fingerprint density at radius 2 is 1.97 bits per heavy atom. The van der Waals surface area contributed by atoms with Gasteiger partial charge in [-0.05, 0) is 92.2 Å². The quantitative estimate of drug-likeness (QED) is 0.440. The number of hydrogen-bond acceptors (Lipinski definition) is 4. The fourth-order valence-electron chi connectivity index (χ4n) is 3.87. The van der Waals surface area contributed by atoms with Crippen molar-refractivity contribution in [3.8, 4) is 10.4 Å². The van der Waals surface area contributed by atoms with E-state index in [4.69, 9.17) is 9.72 Å². The van der Waals surface area contributed by atoms with Gasteiger partial charge in [-0.15, -0.1) is 11.3 Å². The number of amides is 1. The zero-order valence-corrected chi connectivity index (χ0v) is 19.4. The number of rotatable bonds is 3. The second-order valence-corrected chi connectivity index (χ2v) is 11.2. The highest BCUT2D eigenvalue weighted by Crippen LogP contribution is 2.40. The van der Waals surface area contributed by atoms with Gasteiger partial charge in [-0.25, -0.2) is 9.78 Å². The van der Waals surface area contributed by atoms with Crippen molar-refractivity contribution in [2.75, 3.05) is 0 Å². The monoisotopic (exact) mass is 475 g/mol. The maximum Gasteiger partial charge on any atom is 0.408 e. The highest BCUT2D eigenvalue weighted by Gasteiger charge is 2.41.